The number of nitrogen functional groups attached to an aromatic ring is 1. The van der Waals surface area contributed by atoms with Crippen molar-refractivity contribution in [1.29, 1.82) is 0 Å². The summed E-state index contributed by atoms with van der Waals surface area (Å²) >= 11 is 0. The van der Waals surface area contributed by atoms with Crippen molar-refractivity contribution in [2.75, 3.05) is 11.1 Å². The molecule has 0 radical (unpaired) electrons. The smallest absolute Gasteiger partial charge is 0.228 e. The average molecular weight is 315 g/mol. The van der Waals surface area contributed by atoms with E-state index in [0.717, 1.165) is 12.8 Å². The fourth-order valence-electron chi connectivity index (χ4n) is 3.00. The highest BCUT2D eigenvalue weighted by atomic mass is 19.1. The third kappa shape index (κ3) is 3.25. The van der Waals surface area contributed by atoms with Crippen LogP contribution in [0.3, 0.4) is 0 Å². The van der Waals surface area contributed by atoms with Gasteiger partial charge in [0.05, 0.1) is 6.04 Å². The molecular formula is C17H22FN5. The largest absolute Gasteiger partial charge is 0.368 e. The minimum absolute atomic E-state index is 0.0278. The maximum atomic E-state index is 14.1. The first kappa shape index (κ1) is 15.6. The van der Waals surface area contributed by atoms with Crippen LogP contribution in [0, 0.1) is 5.92 Å². The van der Waals surface area contributed by atoms with Crippen LogP contribution in [-0.4, -0.2) is 15.0 Å². The summed E-state index contributed by atoms with van der Waals surface area (Å²) in [5.41, 5.74) is 6.63. The lowest BCUT2D eigenvalue weighted by molar-refractivity contribution is 0.206. The van der Waals surface area contributed by atoms with Crippen molar-refractivity contribution in [2.24, 2.45) is 5.92 Å². The lowest BCUT2D eigenvalue weighted by Gasteiger charge is -2.32. The highest BCUT2D eigenvalue weighted by molar-refractivity contribution is 5.41. The Hall–Kier alpha value is -2.24. The summed E-state index contributed by atoms with van der Waals surface area (Å²) in [5, 5.41) is 3.33. The predicted molar refractivity (Wildman–Crippen MR) is 88.7 cm³/mol. The second-order valence-electron chi connectivity index (χ2n) is 6.65. The van der Waals surface area contributed by atoms with Gasteiger partial charge in [-0.1, -0.05) is 31.2 Å². The molecule has 2 atom stereocenters. The second kappa shape index (κ2) is 5.76. The number of aryl methyl sites for hydroxylation is 1. The van der Waals surface area contributed by atoms with E-state index in [1.54, 1.807) is 0 Å². The van der Waals surface area contributed by atoms with E-state index in [0.29, 0.717) is 11.9 Å². The van der Waals surface area contributed by atoms with Crippen LogP contribution in [0.15, 0.2) is 24.3 Å². The maximum Gasteiger partial charge on any atom is 0.228 e. The first-order valence-electron chi connectivity index (χ1n) is 7.90. The van der Waals surface area contributed by atoms with E-state index in [9.17, 15) is 4.39 Å². The number of rotatable bonds is 3. The van der Waals surface area contributed by atoms with Crippen molar-refractivity contribution in [2.45, 2.75) is 45.3 Å². The van der Waals surface area contributed by atoms with Crippen LogP contribution in [0.4, 0.5) is 16.3 Å². The number of hydrogen-bond acceptors (Lipinski definition) is 5. The van der Waals surface area contributed by atoms with Gasteiger partial charge in [-0.25, -0.2) is 4.39 Å². The van der Waals surface area contributed by atoms with Crippen molar-refractivity contribution < 1.29 is 4.39 Å². The molecule has 23 heavy (non-hydrogen) atoms. The summed E-state index contributed by atoms with van der Waals surface area (Å²) in [6.07, 6.45) is 2.15. The Kier molecular flexibility index (Phi) is 3.92. The molecule has 1 heterocycles. The standard InChI is InChI=1S/C17H22FN5/c1-10-8-9-11-6-4-5-7-12(11)13(10)20-16-22-14(17(2,3)18)21-15(19)23-16/h4-7,10,13H,8-9H2,1-3H3,(H3,19,20,21,22,23)/t10-,13-/m1/s1. The first-order valence-corrected chi connectivity index (χ1v) is 7.90. The fourth-order valence-corrected chi connectivity index (χ4v) is 3.00. The SMILES string of the molecule is C[C@@H]1CCc2ccccc2[C@@H]1Nc1nc(N)nc(C(C)(C)F)n1. The van der Waals surface area contributed by atoms with Crippen LogP contribution in [0.2, 0.25) is 0 Å². The Balaban J connectivity index is 1.94. The predicted octanol–water partition coefficient (Wildman–Crippen LogP) is 3.39. The lowest BCUT2D eigenvalue weighted by atomic mass is 9.81. The molecule has 0 bridgehead atoms. The third-order valence-corrected chi connectivity index (χ3v) is 4.30. The highest BCUT2D eigenvalue weighted by Crippen LogP contribution is 2.36. The van der Waals surface area contributed by atoms with Gasteiger partial charge in [0, 0.05) is 0 Å². The number of aromatic nitrogens is 3. The van der Waals surface area contributed by atoms with Gasteiger partial charge in [-0.2, -0.15) is 15.0 Å². The zero-order chi connectivity index (χ0) is 16.6. The minimum atomic E-state index is -1.66. The zero-order valence-electron chi connectivity index (χ0n) is 13.7. The van der Waals surface area contributed by atoms with Gasteiger partial charge < -0.3 is 11.1 Å². The average Bonchev–Trinajstić information content (AvgIpc) is 2.49. The molecule has 3 rings (SSSR count). The number of fused-ring (bicyclic) bond motifs is 1. The summed E-state index contributed by atoms with van der Waals surface area (Å²) in [4.78, 5) is 12.2. The van der Waals surface area contributed by atoms with Gasteiger partial charge in [-0.15, -0.1) is 0 Å². The Morgan fingerprint density at radius 1 is 1.22 bits per heavy atom. The molecule has 0 aliphatic heterocycles. The maximum absolute atomic E-state index is 14.1. The Labute approximate surface area is 135 Å². The number of benzene rings is 1. The molecule has 0 spiro atoms. The van der Waals surface area contributed by atoms with Crippen molar-refractivity contribution in [3.8, 4) is 0 Å². The lowest BCUT2D eigenvalue weighted by Crippen LogP contribution is -2.27. The van der Waals surface area contributed by atoms with Crippen molar-refractivity contribution in [3.05, 3.63) is 41.2 Å². The summed E-state index contributed by atoms with van der Waals surface area (Å²) in [7, 11) is 0. The molecular weight excluding hydrogens is 293 g/mol. The Morgan fingerprint density at radius 3 is 2.70 bits per heavy atom. The van der Waals surface area contributed by atoms with Crippen molar-refractivity contribution in [1.82, 2.24) is 15.0 Å². The van der Waals surface area contributed by atoms with Gasteiger partial charge in [-0.05, 0) is 43.7 Å². The van der Waals surface area contributed by atoms with Crippen LogP contribution >= 0.6 is 0 Å². The molecule has 6 heteroatoms. The molecule has 0 amide bonds. The van der Waals surface area contributed by atoms with Gasteiger partial charge in [0.1, 0.15) is 0 Å². The van der Waals surface area contributed by atoms with Gasteiger partial charge in [-0.3, -0.25) is 0 Å². The Bertz CT molecular complexity index is 710. The monoisotopic (exact) mass is 315 g/mol. The van der Waals surface area contributed by atoms with E-state index in [2.05, 4.69) is 45.4 Å². The fraction of sp³-hybridized carbons (Fsp3) is 0.471. The number of anilines is 2. The molecule has 3 N–H and O–H groups in total. The van der Waals surface area contributed by atoms with E-state index in [1.165, 1.54) is 25.0 Å². The quantitative estimate of drug-likeness (QED) is 0.908. The molecule has 1 aromatic carbocycles. The van der Waals surface area contributed by atoms with Gasteiger partial charge in [0.2, 0.25) is 11.9 Å². The van der Waals surface area contributed by atoms with Crippen molar-refractivity contribution in [3.63, 3.8) is 0 Å². The van der Waals surface area contributed by atoms with Crippen LogP contribution in [0.1, 0.15) is 50.2 Å². The summed E-state index contributed by atoms with van der Waals surface area (Å²) < 4.78 is 14.1. The number of nitrogens with one attached hydrogen (secondary N) is 1. The molecule has 2 aromatic rings. The van der Waals surface area contributed by atoms with Crippen LogP contribution in [0.25, 0.3) is 0 Å². The molecule has 1 aliphatic carbocycles. The normalized spacial score (nSPS) is 20.9. The molecule has 5 nitrogen and oxygen atoms in total. The van der Waals surface area contributed by atoms with Crippen LogP contribution < -0.4 is 11.1 Å². The molecule has 1 aromatic heterocycles. The van der Waals surface area contributed by atoms with E-state index in [-0.39, 0.29) is 17.8 Å². The topological polar surface area (TPSA) is 76.7 Å². The molecule has 0 unspecified atom stereocenters. The van der Waals surface area contributed by atoms with E-state index >= 15 is 0 Å². The van der Waals surface area contributed by atoms with E-state index < -0.39 is 5.67 Å². The third-order valence-electron chi connectivity index (χ3n) is 4.30. The number of alkyl halides is 1. The molecule has 0 fully saturated rings. The van der Waals surface area contributed by atoms with Gasteiger partial charge >= 0.3 is 0 Å². The van der Waals surface area contributed by atoms with Gasteiger partial charge in [0.25, 0.3) is 0 Å². The molecule has 0 saturated heterocycles. The van der Waals surface area contributed by atoms with Gasteiger partial charge in [0.15, 0.2) is 11.5 Å². The van der Waals surface area contributed by atoms with E-state index in [4.69, 9.17) is 5.73 Å². The number of halogens is 1. The number of nitrogens with zero attached hydrogens (tertiary/aromatic N) is 3. The zero-order valence-corrected chi connectivity index (χ0v) is 13.7. The first-order chi connectivity index (χ1) is 10.8. The second-order valence-corrected chi connectivity index (χ2v) is 6.65. The van der Waals surface area contributed by atoms with Crippen LogP contribution in [-0.2, 0) is 12.1 Å². The summed E-state index contributed by atoms with van der Waals surface area (Å²) in [6.45, 7) is 5.01. The van der Waals surface area contributed by atoms with E-state index in [1.807, 2.05) is 6.07 Å². The summed E-state index contributed by atoms with van der Waals surface area (Å²) in [6, 6.07) is 8.43. The molecule has 122 valence electrons. The summed E-state index contributed by atoms with van der Waals surface area (Å²) in [5.74, 6) is 0.820. The number of nitrogens with two attached hydrogens (primary N) is 1. The Morgan fingerprint density at radius 2 is 1.96 bits per heavy atom. The van der Waals surface area contributed by atoms with Crippen LogP contribution in [0.5, 0.6) is 0 Å². The van der Waals surface area contributed by atoms with Crippen molar-refractivity contribution >= 4 is 11.9 Å². The minimum Gasteiger partial charge on any atom is -0.368 e. The highest BCUT2D eigenvalue weighted by Gasteiger charge is 2.28. The molecule has 1 aliphatic rings. The number of hydrogen-bond donors (Lipinski definition) is 2. The molecule has 0 saturated carbocycles.